The van der Waals surface area contributed by atoms with E-state index in [4.69, 9.17) is 4.74 Å². The summed E-state index contributed by atoms with van der Waals surface area (Å²) < 4.78 is 21.8. The molecule has 32 heavy (non-hydrogen) atoms. The second-order valence-corrected chi connectivity index (χ2v) is 7.94. The fourth-order valence-electron chi connectivity index (χ4n) is 3.61. The molecule has 2 heterocycles. The van der Waals surface area contributed by atoms with Crippen LogP contribution in [-0.4, -0.2) is 38.8 Å². The Balaban J connectivity index is 1.36. The lowest BCUT2D eigenvalue weighted by molar-refractivity contribution is 0.169. The van der Waals surface area contributed by atoms with Crippen LogP contribution in [0.4, 0.5) is 14.9 Å². The Labute approximate surface area is 181 Å². The van der Waals surface area contributed by atoms with Crippen molar-refractivity contribution in [3.05, 3.63) is 56.7 Å². The molecule has 1 aromatic carbocycles. The van der Waals surface area contributed by atoms with Gasteiger partial charge in [-0.15, -0.1) is 0 Å². The van der Waals surface area contributed by atoms with Crippen LogP contribution in [0.1, 0.15) is 43.6 Å². The van der Waals surface area contributed by atoms with E-state index in [1.54, 1.807) is 10.6 Å². The Morgan fingerprint density at radius 1 is 1.22 bits per heavy atom. The number of amides is 1. The highest BCUT2D eigenvalue weighted by molar-refractivity contribution is 5.87. The zero-order valence-electron chi connectivity index (χ0n) is 17.3. The lowest BCUT2D eigenvalue weighted by Crippen LogP contribution is -2.39. The predicted molar refractivity (Wildman–Crippen MR) is 114 cm³/mol. The second kappa shape index (κ2) is 7.67. The molecule has 2 aliphatic rings. The molecule has 2 aliphatic carbocycles. The largest absolute Gasteiger partial charge is 0.436 e. The first-order valence-electron chi connectivity index (χ1n) is 10.4. The molecule has 0 aliphatic heterocycles. The summed E-state index contributed by atoms with van der Waals surface area (Å²) in [6.07, 6.45) is 2.62. The number of fused-ring (bicyclic) bond motifs is 1. The van der Waals surface area contributed by atoms with Crippen molar-refractivity contribution in [1.82, 2.24) is 19.1 Å². The Morgan fingerprint density at radius 2 is 1.91 bits per heavy atom. The van der Waals surface area contributed by atoms with Gasteiger partial charge in [0.1, 0.15) is 5.82 Å². The molecule has 9 nitrogen and oxygen atoms in total. The molecule has 0 atom stereocenters. The summed E-state index contributed by atoms with van der Waals surface area (Å²) in [6.45, 7) is -0.254. The van der Waals surface area contributed by atoms with Gasteiger partial charge >= 0.3 is 11.8 Å². The second-order valence-electron chi connectivity index (χ2n) is 7.94. The number of benzene rings is 1. The van der Waals surface area contributed by atoms with E-state index < -0.39 is 11.9 Å². The molecule has 2 saturated carbocycles. The van der Waals surface area contributed by atoms with Crippen LogP contribution in [-0.2, 0) is 4.74 Å². The van der Waals surface area contributed by atoms with Gasteiger partial charge in [0.15, 0.2) is 23.6 Å². The number of carbonyl (C=O) groups excluding carboxylic acids is 1. The van der Waals surface area contributed by atoms with E-state index >= 15 is 0 Å². The molecule has 2 aromatic heterocycles. The van der Waals surface area contributed by atoms with Crippen molar-refractivity contribution >= 4 is 22.9 Å². The number of halogens is 1. The van der Waals surface area contributed by atoms with Gasteiger partial charge in [-0.05, 0) is 43.7 Å². The molecule has 10 heteroatoms. The number of carbonyl (C=O) groups is 1. The quantitative estimate of drug-likeness (QED) is 0.631. The number of para-hydroxylation sites is 1. The summed E-state index contributed by atoms with van der Waals surface area (Å²) in [7, 11) is 1.40. The van der Waals surface area contributed by atoms with Crippen LogP contribution >= 0.6 is 0 Å². The van der Waals surface area contributed by atoms with Crippen LogP contribution in [0.2, 0.25) is 0 Å². The Morgan fingerprint density at radius 3 is 2.59 bits per heavy atom. The molecule has 5 rings (SSSR count). The van der Waals surface area contributed by atoms with Gasteiger partial charge in [-0.25, -0.2) is 19.0 Å². The summed E-state index contributed by atoms with van der Waals surface area (Å²) in [5, 5.41) is 0. The first-order valence-corrected chi connectivity index (χ1v) is 10.4. The monoisotopic (exact) mass is 437 g/mol. The minimum absolute atomic E-state index is 0.0481. The number of aromatic nitrogens is 4. The van der Waals surface area contributed by atoms with Crippen molar-refractivity contribution < 1.29 is 13.9 Å². The average molecular weight is 437 g/mol. The number of rotatable bonds is 4. The molecule has 0 saturated heterocycles. The Kier molecular flexibility index (Phi) is 4.81. The third-order valence-electron chi connectivity index (χ3n) is 5.54. The SMILES string of the molecule is CN(C(=O)OCC#Cc1nc2c([nH]1)c(=O)n(C1CC1)c(=O)n2C1CC1)c1ccccc1F. The number of hydrogen-bond acceptors (Lipinski definition) is 5. The third-order valence-corrected chi connectivity index (χ3v) is 5.54. The highest BCUT2D eigenvalue weighted by Crippen LogP contribution is 2.36. The van der Waals surface area contributed by atoms with E-state index in [1.165, 1.54) is 29.8 Å². The number of imidazole rings is 1. The van der Waals surface area contributed by atoms with Crippen molar-refractivity contribution in [2.75, 3.05) is 18.6 Å². The average Bonchev–Trinajstić information content (AvgIpc) is 3.70. The zero-order valence-corrected chi connectivity index (χ0v) is 17.3. The van der Waals surface area contributed by atoms with Crippen LogP contribution in [0, 0.1) is 17.7 Å². The summed E-state index contributed by atoms with van der Waals surface area (Å²) in [4.78, 5) is 46.1. The molecule has 0 radical (unpaired) electrons. The summed E-state index contributed by atoms with van der Waals surface area (Å²) in [5.41, 5.74) is -0.0526. The summed E-state index contributed by atoms with van der Waals surface area (Å²) in [6, 6.07) is 5.85. The van der Waals surface area contributed by atoms with E-state index in [2.05, 4.69) is 21.8 Å². The number of aromatic amines is 1. The number of nitrogens with one attached hydrogen (secondary N) is 1. The van der Waals surface area contributed by atoms with Crippen LogP contribution in [0.15, 0.2) is 33.9 Å². The number of nitrogens with zero attached hydrogens (tertiary/aromatic N) is 4. The Bertz CT molecular complexity index is 1400. The van der Waals surface area contributed by atoms with Gasteiger partial charge in [-0.2, -0.15) is 0 Å². The maximum absolute atomic E-state index is 13.8. The first-order chi connectivity index (χ1) is 15.5. The predicted octanol–water partition coefficient (Wildman–Crippen LogP) is 2.32. The molecule has 0 unspecified atom stereocenters. The summed E-state index contributed by atoms with van der Waals surface area (Å²) in [5.74, 6) is 5.05. The van der Waals surface area contributed by atoms with Gasteiger partial charge in [0.25, 0.3) is 5.56 Å². The molecule has 2 fully saturated rings. The van der Waals surface area contributed by atoms with Gasteiger partial charge in [-0.3, -0.25) is 18.8 Å². The van der Waals surface area contributed by atoms with Crippen molar-refractivity contribution in [2.24, 2.45) is 0 Å². The van der Waals surface area contributed by atoms with Gasteiger partial charge in [0.2, 0.25) is 0 Å². The standard InChI is InChI=1S/C22H20FN5O4/c1-26(16-6-3-2-5-15(16)23)22(31)32-12-4-7-17-24-18-19(25-17)27(13-8-9-13)21(30)28(20(18)29)14-10-11-14/h2-3,5-6,13-14H,8-12H2,1H3,(H,24,25). The maximum Gasteiger partial charge on any atom is 0.415 e. The van der Waals surface area contributed by atoms with E-state index in [1.807, 2.05) is 0 Å². The molecule has 1 N–H and O–H groups in total. The van der Waals surface area contributed by atoms with Gasteiger partial charge in [0.05, 0.1) is 5.69 Å². The maximum atomic E-state index is 13.8. The van der Waals surface area contributed by atoms with Crippen molar-refractivity contribution in [2.45, 2.75) is 37.8 Å². The minimum atomic E-state index is -0.760. The van der Waals surface area contributed by atoms with Crippen LogP contribution < -0.4 is 16.1 Å². The van der Waals surface area contributed by atoms with E-state index in [-0.39, 0.29) is 47.0 Å². The number of hydrogen-bond donors (Lipinski definition) is 1. The van der Waals surface area contributed by atoms with Crippen molar-refractivity contribution in [3.8, 4) is 11.8 Å². The fraction of sp³-hybridized carbons (Fsp3) is 0.364. The van der Waals surface area contributed by atoms with Crippen LogP contribution in [0.5, 0.6) is 0 Å². The number of ether oxygens (including phenoxy) is 1. The fourth-order valence-corrected chi connectivity index (χ4v) is 3.61. The van der Waals surface area contributed by atoms with Crippen LogP contribution in [0.3, 0.4) is 0 Å². The number of H-pyrrole nitrogens is 1. The first kappa shape index (κ1) is 20.1. The molecule has 1 amide bonds. The van der Waals surface area contributed by atoms with E-state index in [0.717, 1.165) is 30.6 Å². The Hall–Kier alpha value is -3.87. The topological polar surface area (TPSA) is 102 Å². The molecule has 0 bridgehead atoms. The van der Waals surface area contributed by atoms with E-state index in [0.29, 0.717) is 5.65 Å². The molecule has 3 aromatic rings. The molecule has 164 valence electrons. The molecular formula is C22H20FN5O4. The van der Waals surface area contributed by atoms with Crippen LogP contribution in [0.25, 0.3) is 11.2 Å². The van der Waals surface area contributed by atoms with Crippen molar-refractivity contribution in [1.29, 1.82) is 0 Å². The van der Waals surface area contributed by atoms with Gasteiger partial charge < -0.3 is 9.72 Å². The highest BCUT2D eigenvalue weighted by Gasteiger charge is 2.34. The number of anilines is 1. The minimum Gasteiger partial charge on any atom is -0.436 e. The lowest BCUT2D eigenvalue weighted by Gasteiger charge is -2.16. The molecule has 0 spiro atoms. The smallest absolute Gasteiger partial charge is 0.415 e. The highest BCUT2D eigenvalue weighted by atomic mass is 19.1. The van der Waals surface area contributed by atoms with Gasteiger partial charge in [0, 0.05) is 19.1 Å². The normalized spacial score (nSPS) is 15.3. The zero-order chi connectivity index (χ0) is 22.4. The lowest BCUT2D eigenvalue weighted by atomic mass is 10.3. The third kappa shape index (κ3) is 3.56. The van der Waals surface area contributed by atoms with E-state index in [9.17, 15) is 18.8 Å². The van der Waals surface area contributed by atoms with Crippen molar-refractivity contribution in [3.63, 3.8) is 0 Å². The van der Waals surface area contributed by atoms with Gasteiger partial charge in [-0.1, -0.05) is 18.1 Å². The molecular weight excluding hydrogens is 417 g/mol. The summed E-state index contributed by atoms with van der Waals surface area (Å²) >= 11 is 0.